The van der Waals surface area contributed by atoms with E-state index in [0.717, 1.165) is 16.9 Å². The van der Waals surface area contributed by atoms with E-state index in [1.54, 1.807) is 41.0 Å². The van der Waals surface area contributed by atoms with Gasteiger partial charge in [-0.3, -0.25) is 4.79 Å². The second-order valence-electron chi connectivity index (χ2n) is 6.22. The molecule has 0 aliphatic carbocycles. The van der Waals surface area contributed by atoms with Crippen LogP contribution in [0.15, 0.2) is 41.1 Å². The first kappa shape index (κ1) is 18.3. The minimum Gasteiger partial charge on any atom is -0.359 e. The van der Waals surface area contributed by atoms with Crippen LogP contribution in [0.1, 0.15) is 27.8 Å². The van der Waals surface area contributed by atoms with Crippen LogP contribution in [-0.4, -0.2) is 32.6 Å². The third-order valence-electron chi connectivity index (χ3n) is 4.45. The van der Waals surface area contributed by atoms with Gasteiger partial charge in [-0.15, -0.1) is 0 Å². The summed E-state index contributed by atoms with van der Waals surface area (Å²) in [5, 5.41) is 8.87. The van der Waals surface area contributed by atoms with E-state index in [9.17, 15) is 4.79 Å². The van der Waals surface area contributed by atoms with Crippen LogP contribution in [0.25, 0.3) is 5.82 Å². The van der Waals surface area contributed by atoms with Crippen molar-refractivity contribution in [1.82, 2.24) is 19.7 Å². The van der Waals surface area contributed by atoms with Crippen molar-refractivity contribution in [3.63, 3.8) is 0 Å². The van der Waals surface area contributed by atoms with Crippen molar-refractivity contribution < 1.29 is 4.79 Å². The highest BCUT2D eigenvalue weighted by molar-refractivity contribution is 9.10. The summed E-state index contributed by atoms with van der Waals surface area (Å²) in [5.41, 5.74) is 2.91. The fourth-order valence-electron chi connectivity index (χ4n) is 3.18. The van der Waals surface area contributed by atoms with Crippen LogP contribution >= 0.6 is 39.1 Å². The normalized spacial score (nSPS) is 16.3. The number of pyridine rings is 1. The molecular formula is C18H14BrCl2N5O. The highest BCUT2D eigenvalue weighted by Crippen LogP contribution is 2.37. The summed E-state index contributed by atoms with van der Waals surface area (Å²) >= 11 is 15.9. The molecule has 1 amide bonds. The van der Waals surface area contributed by atoms with Crippen LogP contribution in [-0.2, 0) is 0 Å². The largest absolute Gasteiger partial charge is 0.359 e. The van der Waals surface area contributed by atoms with Crippen molar-refractivity contribution in [3.8, 4) is 5.82 Å². The topological polar surface area (TPSA) is 63.1 Å². The predicted molar refractivity (Wildman–Crippen MR) is 109 cm³/mol. The first-order valence-corrected chi connectivity index (χ1v) is 9.62. The van der Waals surface area contributed by atoms with E-state index in [4.69, 9.17) is 23.2 Å². The Bertz CT molecular complexity index is 1070. The number of aromatic nitrogens is 3. The Labute approximate surface area is 174 Å². The number of aryl methyl sites for hydroxylation is 1. The van der Waals surface area contributed by atoms with Crippen molar-refractivity contribution in [2.45, 2.75) is 13.1 Å². The van der Waals surface area contributed by atoms with Crippen LogP contribution < -0.4 is 5.32 Å². The van der Waals surface area contributed by atoms with Gasteiger partial charge in [-0.1, -0.05) is 23.2 Å². The summed E-state index contributed by atoms with van der Waals surface area (Å²) in [4.78, 5) is 18.9. The molecule has 6 nitrogen and oxygen atoms in total. The number of nitrogens with one attached hydrogen (secondary N) is 1. The first-order chi connectivity index (χ1) is 12.9. The Kier molecular flexibility index (Phi) is 4.61. The molecular weight excluding hydrogens is 453 g/mol. The Hall–Kier alpha value is -2.09. The quantitative estimate of drug-likeness (QED) is 0.586. The summed E-state index contributed by atoms with van der Waals surface area (Å²) in [6.45, 7) is 1.91. The highest BCUT2D eigenvalue weighted by Gasteiger charge is 2.34. The van der Waals surface area contributed by atoms with Crippen molar-refractivity contribution in [2.24, 2.45) is 0 Å². The molecule has 4 rings (SSSR count). The van der Waals surface area contributed by atoms with Crippen molar-refractivity contribution >= 4 is 50.7 Å². The van der Waals surface area contributed by atoms with Gasteiger partial charge in [-0.2, -0.15) is 5.10 Å². The van der Waals surface area contributed by atoms with Crippen molar-refractivity contribution in [3.05, 3.63) is 68.0 Å². The summed E-state index contributed by atoms with van der Waals surface area (Å²) in [6.07, 6.45) is 1.19. The second-order valence-corrected chi connectivity index (χ2v) is 7.88. The SMILES string of the molecule is Cc1cc(Cl)cc2c1NC(c1cc(Br)nn1-c1ncccc1Cl)N(C)C2=O. The number of halogens is 3. The van der Waals surface area contributed by atoms with Crippen LogP contribution in [0.5, 0.6) is 0 Å². The van der Waals surface area contributed by atoms with Gasteiger partial charge in [0.15, 0.2) is 5.82 Å². The zero-order chi connectivity index (χ0) is 19.3. The van der Waals surface area contributed by atoms with E-state index in [2.05, 4.69) is 31.3 Å². The molecule has 9 heteroatoms. The fraction of sp³-hybridized carbons (Fsp3) is 0.167. The van der Waals surface area contributed by atoms with Gasteiger partial charge in [0.05, 0.1) is 22.0 Å². The maximum atomic E-state index is 13.0. The molecule has 0 fully saturated rings. The first-order valence-electron chi connectivity index (χ1n) is 8.07. The number of rotatable bonds is 2. The molecule has 1 unspecified atom stereocenters. The molecule has 138 valence electrons. The average Bonchev–Trinajstić information content (AvgIpc) is 3.00. The van der Waals surface area contributed by atoms with E-state index >= 15 is 0 Å². The number of carbonyl (C=O) groups excluding carboxylic acids is 1. The van der Waals surface area contributed by atoms with Crippen LogP contribution in [0.3, 0.4) is 0 Å². The number of anilines is 1. The molecule has 1 N–H and O–H groups in total. The van der Waals surface area contributed by atoms with Gasteiger partial charge in [0.1, 0.15) is 10.8 Å². The summed E-state index contributed by atoms with van der Waals surface area (Å²) < 4.78 is 2.24. The molecule has 0 saturated carbocycles. The maximum Gasteiger partial charge on any atom is 0.257 e. The monoisotopic (exact) mass is 465 g/mol. The standard InChI is InChI=1S/C18H14BrCl2N5O/c1-9-6-10(20)7-11-15(9)23-17(25(2)18(11)27)13-8-14(19)24-26(13)16-12(21)4-3-5-22-16/h3-8,17,23H,1-2H3. The number of carbonyl (C=O) groups is 1. The van der Waals surface area contributed by atoms with Crippen molar-refractivity contribution in [1.29, 1.82) is 0 Å². The second kappa shape index (κ2) is 6.82. The summed E-state index contributed by atoms with van der Waals surface area (Å²) in [7, 11) is 1.73. The molecule has 1 aromatic carbocycles. The van der Waals surface area contributed by atoms with E-state index in [1.807, 2.05) is 19.1 Å². The number of fused-ring (bicyclic) bond motifs is 1. The van der Waals surface area contributed by atoms with Crippen molar-refractivity contribution in [2.75, 3.05) is 12.4 Å². The van der Waals surface area contributed by atoms with E-state index in [-0.39, 0.29) is 5.91 Å². The third-order valence-corrected chi connectivity index (χ3v) is 5.35. The molecule has 27 heavy (non-hydrogen) atoms. The molecule has 1 aliphatic rings. The van der Waals surface area contributed by atoms with Gasteiger partial charge >= 0.3 is 0 Å². The molecule has 3 aromatic rings. The number of amides is 1. The fourth-order valence-corrected chi connectivity index (χ4v) is 4.05. The van der Waals surface area contributed by atoms with Gasteiger partial charge in [0, 0.05) is 18.3 Å². The summed E-state index contributed by atoms with van der Waals surface area (Å²) in [6, 6.07) is 8.83. The highest BCUT2D eigenvalue weighted by atomic mass is 79.9. The Balaban J connectivity index is 1.86. The molecule has 0 bridgehead atoms. The van der Waals surface area contributed by atoms with Gasteiger partial charge in [-0.25, -0.2) is 9.67 Å². The van der Waals surface area contributed by atoms with Gasteiger partial charge in [-0.05, 0) is 58.7 Å². The van der Waals surface area contributed by atoms with Crippen LogP contribution in [0.2, 0.25) is 10.0 Å². The van der Waals surface area contributed by atoms with Gasteiger partial charge in [0.25, 0.3) is 5.91 Å². The van der Waals surface area contributed by atoms with Crippen LogP contribution in [0.4, 0.5) is 5.69 Å². The minimum absolute atomic E-state index is 0.129. The van der Waals surface area contributed by atoms with Crippen LogP contribution in [0, 0.1) is 6.92 Å². The smallest absolute Gasteiger partial charge is 0.257 e. The molecule has 0 saturated heterocycles. The molecule has 2 aromatic heterocycles. The van der Waals surface area contributed by atoms with E-state index < -0.39 is 6.17 Å². The van der Waals surface area contributed by atoms with E-state index in [1.165, 1.54) is 0 Å². The number of hydrogen-bond donors (Lipinski definition) is 1. The lowest BCUT2D eigenvalue weighted by Crippen LogP contribution is -2.41. The van der Waals surface area contributed by atoms with Gasteiger partial charge in [0.2, 0.25) is 0 Å². The lowest BCUT2D eigenvalue weighted by atomic mass is 10.0. The third kappa shape index (κ3) is 3.09. The number of hydrogen-bond acceptors (Lipinski definition) is 4. The number of nitrogens with zero attached hydrogens (tertiary/aromatic N) is 4. The minimum atomic E-state index is -0.457. The Morgan fingerprint density at radius 1 is 1.26 bits per heavy atom. The predicted octanol–water partition coefficient (Wildman–Crippen LogP) is 4.84. The summed E-state index contributed by atoms with van der Waals surface area (Å²) in [5.74, 6) is 0.358. The lowest BCUT2D eigenvalue weighted by molar-refractivity contribution is 0.0730. The molecule has 1 atom stereocenters. The zero-order valence-corrected chi connectivity index (χ0v) is 17.5. The molecule has 3 heterocycles. The lowest BCUT2D eigenvalue weighted by Gasteiger charge is -2.36. The molecule has 0 radical (unpaired) electrons. The zero-order valence-electron chi connectivity index (χ0n) is 14.4. The Morgan fingerprint density at radius 2 is 2.04 bits per heavy atom. The van der Waals surface area contributed by atoms with Gasteiger partial charge < -0.3 is 10.2 Å². The van der Waals surface area contributed by atoms with E-state index in [0.29, 0.717) is 26.0 Å². The molecule has 0 spiro atoms. The molecule has 1 aliphatic heterocycles. The number of benzene rings is 1. The average molecular weight is 467 g/mol. The Morgan fingerprint density at radius 3 is 2.78 bits per heavy atom. The maximum absolute atomic E-state index is 13.0.